The highest BCUT2D eigenvalue weighted by molar-refractivity contribution is 6.06. The molecule has 1 heterocycles. The number of carbonyl (C=O) groups is 1. The molecule has 0 aliphatic rings. The van der Waals surface area contributed by atoms with Crippen molar-refractivity contribution in [2.45, 2.75) is 32.6 Å². The number of para-hydroxylation sites is 1. The lowest BCUT2D eigenvalue weighted by atomic mass is 9.93. The first-order valence-electron chi connectivity index (χ1n) is 6.43. The van der Waals surface area contributed by atoms with Gasteiger partial charge in [-0.05, 0) is 17.9 Å². The number of hydrogen-bond donors (Lipinski definition) is 1. The third-order valence-corrected chi connectivity index (χ3v) is 3.38. The van der Waals surface area contributed by atoms with Gasteiger partial charge in [0.05, 0.1) is 17.3 Å². The molecular formula is C15H17FN2O. The van der Waals surface area contributed by atoms with Gasteiger partial charge in [-0.15, -0.1) is 0 Å². The predicted octanol–water partition coefficient (Wildman–Crippen LogP) is 3.38. The van der Waals surface area contributed by atoms with Crippen LogP contribution in [0.15, 0.2) is 24.4 Å². The molecule has 100 valence electrons. The molecule has 1 aromatic heterocycles. The number of aromatic nitrogens is 1. The van der Waals surface area contributed by atoms with Crippen LogP contribution in [0.25, 0.3) is 10.9 Å². The number of nitrogens with zero attached hydrogens (tertiary/aromatic N) is 1. The third-order valence-electron chi connectivity index (χ3n) is 3.38. The Morgan fingerprint density at radius 2 is 2.21 bits per heavy atom. The Hall–Kier alpha value is -1.97. The van der Waals surface area contributed by atoms with Crippen LogP contribution in [-0.2, 0) is 0 Å². The van der Waals surface area contributed by atoms with Crippen LogP contribution >= 0.6 is 0 Å². The second-order valence-electron chi connectivity index (χ2n) is 4.78. The molecule has 4 heteroatoms. The second kappa shape index (κ2) is 5.34. The highest BCUT2D eigenvalue weighted by Gasteiger charge is 2.17. The topological polar surface area (TPSA) is 56.0 Å². The Morgan fingerprint density at radius 1 is 1.47 bits per heavy atom. The summed E-state index contributed by atoms with van der Waals surface area (Å²) in [7, 11) is 0. The molecule has 0 aliphatic carbocycles. The van der Waals surface area contributed by atoms with Crippen molar-refractivity contribution < 1.29 is 9.18 Å². The van der Waals surface area contributed by atoms with Crippen molar-refractivity contribution >= 4 is 16.8 Å². The number of nitrogens with two attached hydrogens (primary N) is 1. The summed E-state index contributed by atoms with van der Waals surface area (Å²) in [4.78, 5) is 15.5. The Bertz CT molecular complexity index is 625. The number of rotatable bonds is 4. The lowest BCUT2D eigenvalue weighted by Crippen LogP contribution is -2.14. The van der Waals surface area contributed by atoms with E-state index in [0.29, 0.717) is 16.8 Å². The quantitative estimate of drug-likeness (QED) is 0.916. The minimum Gasteiger partial charge on any atom is -0.365 e. The highest BCUT2D eigenvalue weighted by atomic mass is 19.1. The molecule has 2 N–H and O–H groups in total. The van der Waals surface area contributed by atoms with Gasteiger partial charge in [0.1, 0.15) is 0 Å². The molecule has 1 amide bonds. The molecule has 1 aromatic carbocycles. The molecule has 0 saturated carbocycles. The lowest BCUT2D eigenvalue weighted by molar-refractivity contribution is 0.0998. The van der Waals surface area contributed by atoms with Crippen molar-refractivity contribution in [3.05, 3.63) is 41.3 Å². The Labute approximate surface area is 111 Å². The summed E-state index contributed by atoms with van der Waals surface area (Å²) in [5, 5.41) is 0.493. The number of primary amides is 1. The number of halogens is 1. The van der Waals surface area contributed by atoms with Crippen LogP contribution in [0.5, 0.6) is 0 Å². The summed E-state index contributed by atoms with van der Waals surface area (Å²) in [6, 6.07) is 5.48. The summed E-state index contributed by atoms with van der Waals surface area (Å²) in [5.41, 5.74) is 6.88. The molecule has 0 bridgehead atoms. The van der Waals surface area contributed by atoms with Gasteiger partial charge in [0.2, 0.25) is 0 Å². The number of benzene rings is 1. The summed E-state index contributed by atoms with van der Waals surface area (Å²) in [6.07, 6.45) is 3.15. The van der Waals surface area contributed by atoms with Gasteiger partial charge in [0.25, 0.3) is 5.91 Å². The number of fused-ring (bicyclic) bond motifs is 1. The van der Waals surface area contributed by atoms with Crippen LogP contribution in [0.4, 0.5) is 4.39 Å². The van der Waals surface area contributed by atoms with Gasteiger partial charge in [-0.1, -0.05) is 38.5 Å². The summed E-state index contributed by atoms with van der Waals surface area (Å²) >= 11 is 0. The van der Waals surface area contributed by atoms with Crippen molar-refractivity contribution in [3.63, 3.8) is 0 Å². The molecule has 0 radical (unpaired) electrons. The Balaban J connectivity index is 2.70. The first-order chi connectivity index (χ1) is 9.06. The van der Waals surface area contributed by atoms with Crippen LogP contribution in [0, 0.1) is 5.82 Å². The van der Waals surface area contributed by atoms with Gasteiger partial charge in [-0.2, -0.15) is 0 Å². The van der Waals surface area contributed by atoms with Crippen molar-refractivity contribution in [2.24, 2.45) is 5.73 Å². The van der Waals surface area contributed by atoms with Gasteiger partial charge >= 0.3 is 0 Å². The molecule has 0 spiro atoms. The molecule has 0 saturated heterocycles. The number of amides is 1. The Morgan fingerprint density at radius 3 is 2.84 bits per heavy atom. The molecule has 2 aromatic rings. The minimum absolute atomic E-state index is 0.0736. The first kappa shape index (κ1) is 13.5. The predicted molar refractivity (Wildman–Crippen MR) is 73.5 cm³/mol. The van der Waals surface area contributed by atoms with E-state index in [-0.39, 0.29) is 5.56 Å². The molecule has 19 heavy (non-hydrogen) atoms. The maximum Gasteiger partial charge on any atom is 0.252 e. The molecule has 1 unspecified atom stereocenters. The summed E-state index contributed by atoms with van der Waals surface area (Å²) in [6.45, 7) is 4.22. The van der Waals surface area contributed by atoms with Crippen LogP contribution in [0.1, 0.15) is 48.5 Å². The van der Waals surface area contributed by atoms with Crippen molar-refractivity contribution in [1.29, 1.82) is 0 Å². The van der Waals surface area contributed by atoms with E-state index in [9.17, 15) is 9.18 Å². The van der Waals surface area contributed by atoms with Crippen molar-refractivity contribution in [1.82, 2.24) is 4.98 Å². The van der Waals surface area contributed by atoms with E-state index < -0.39 is 11.7 Å². The third kappa shape index (κ3) is 2.43. The average molecular weight is 260 g/mol. The van der Waals surface area contributed by atoms with Crippen LogP contribution in [-0.4, -0.2) is 10.9 Å². The van der Waals surface area contributed by atoms with Gasteiger partial charge in [0.15, 0.2) is 5.82 Å². The fraction of sp³-hybridized carbons (Fsp3) is 0.333. The van der Waals surface area contributed by atoms with Gasteiger partial charge in [0, 0.05) is 5.39 Å². The normalized spacial score (nSPS) is 12.6. The smallest absolute Gasteiger partial charge is 0.252 e. The highest BCUT2D eigenvalue weighted by Crippen LogP contribution is 2.29. The molecule has 2 rings (SSSR count). The van der Waals surface area contributed by atoms with Crippen LogP contribution < -0.4 is 5.73 Å². The van der Waals surface area contributed by atoms with E-state index in [1.165, 1.54) is 0 Å². The van der Waals surface area contributed by atoms with E-state index in [1.54, 1.807) is 6.07 Å². The monoisotopic (exact) mass is 260 g/mol. The molecular weight excluding hydrogens is 243 g/mol. The van der Waals surface area contributed by atoms with Crippen LogP contribution in [0.2, 0.25) is 0 Å². The van der Waals surface area contributed by atoms with E-state index in [4.69, 9.17) is 5.73 Å². The van der Waals surface area contributed by atoms with E-state index in [1.807, 2.05) is 12.1 Å². The van der Waals surface area contributed by atoms with E-state index in [2.05, 4.69) is 18.8 Å². The number of hydrogen-bond acceptors (Lipinski definition) is 2. The SMILES string of the molecule is CCCC(C)c1cccc2c(C(N)=O)c(F)cnc12. The molecule has 0 fully saturated rings. The van der Waals surface area contributed by atoms with Gasteiger partial charge in [-0.3, -0.25) is 9.78 Å². The minimum atomic E-state index is -0.759. The molecule has 3 nitrogen and oxygen atoms in total. The summed E-state index contributed by atoms with van der Waals surface area (Å²) in [5.74, 6) is -1.11. The fourth-order valence-corrected chi connectivity index (χ4v) is 2.46. The second-order valence-corrected chi connectivity index (χ2v) is 4.78. The maximum atomic E-state index is 13.7. The molecule has 1 atom stereocenters. The van der Waals surface area contributed by atoms with Crippen molar-refractivity contribution in [3.8, 4) is 0 Å². The van der Waals surface area contributed by atoms with Crippen molar-refractivity contribution in [2.75, 3.05) is 0 Å². The largest absolute Gasteiger partial charge is 0.365 e. The average Bonchev–Trinajstić information content (AvgIpc) is 2.37. The van der Waals surface area contributed by atoms with Gasteiger partial charge < -0.3 is 5.73 Å². The zero-order chi connectivity index (χ0) is 14.0. The first-order valence-corrected chi connectivity index (χ1v) is 6.43. The maximum absolute atomic E-state index is 13.7. The Kier molecular flexibility index (Phi) is 3.79. The number of carbonyl (C=O) groups excluding carboxylic acids is 1. The number of pyridine rings is 1. The van der Waals surface area contributed by atoms with E-state index in [0.717, 1.165) is 24.6 Å². The van der Waals surface area contributed by atoms with E-state index >= 15 is 0 Å². The lowest BCUT2D eigenvalue weighted by Gasteiger charge is -2.14. The zero-order valence-corrected chi connectivity index (χ0v) is 11.1. The van der Waals surface area contributed by atoms with Gasteiger partial charge in [-0.25, -0.2) is 4.39 Å². The fourth-order valence-electron chi connectivity index (χ4n) is 2.46. The standard InChI is InChI=1S/C15H17FN2O/c1-3-5-9(2)10-6-4-7-11-13(15(17)19)12(16)8-18-14(10)11/h4,6-9H,3,5H2,1-2H3,(H2,17,19). The summed E-state index contributed by atoms with van der Waals surface area (Å²) < 4.78 is 13.7. The van der Waals surface area contributed by atoms with Crippen LogP contribution in [0.3, 0.4) is 0 Å². The molecule has 0 aliphatic heterocycles. The zero-order valence-electron chi connectivity index (χ0n) is 11.1.